The summed E-state index contributed by atoms with van der Waals surface area (Å²) >= 11 is 5.84. The minimum atomic E-state index is -4.50. The van der Waals surface area contributed by atoms with Crippen LogP contribution in [0, 0.1) is 0 Å². The molecule has 0 radical (unpaired) electrons. The highest BCUT2D eigenvalue weighted by atomic mass is 35.5. The summed E-state index contributed by atoms with van der Waals surface area (Å²) in [4.78, 5) is 2.55. The van der Waals surface area contributed by atoms with Gasteiger partial charge in [-0.25, -0.2) is 0 Å². The van der Waals surface area contributed by atoms with Gasteiger partial charge in [0.1, 0.15) is 0 Å². The number of nitrogens with two attached hydrogens (primary N) is 1. The molecule has 3 rings (SSSR count). The van der Waals surface area contributed by atoms with Crippen molar-refractivity contribution in [2.45, 2.75) is 76.2 Å². The number of hydrogen-bond donors (Lipinski definition) is 2. The van der Waals surface area contributed by atoms with Crippen molar-refractivity contribution >= 4 is 23.0 Å². The minimum absolute atomic E-state index is 0.0783. The van der Waals surface area contributed by atoms with Gasteiger partial charge < -0.3 is 20.7 Å². The van der Waals surface area contributed by atoms with E-state index in [-0.39, 0.29) is 16.8 Å². The number of ether oxygens (including phenoxy) is 1. The van der Waals surface area contributed by atoms with E-state index in [1.54, 1.807) is 0 Å². The van der Waals surface area contributed by atoms with Crippen LogP contribution in [-0.2, 0) is 10.9 Å². The molecule has 164 valence electrons. The van der Waals surface area contributed by atoms with Crippen molar-refractivity contribution in [3.8, 4) is 0 Å². The summed E-state index contributed by atoms with van der Waals surface area (Å²) in [7, 11) is 0. The minimum Gasteiger partial charge on any atom is -0.397 e. The fourth-order valence-corrected chi connectivity index (χ4v) is 4.69. The van der Waals surface area contributed by atoms with Gasteiger partial charge in [0, 0.05) is 31.8 Å². The van der Waals surface area contributed by atoms with Crippen molar-refractivity contribution in [1.29, 1.82) is 0 Å². The molecule has 1 saturated heterocycles. The van der Waals surface area contributed by atoms with Crippen molar-refractivity contribution < 1.29 is 17.9 Å². The first-order chi connectivity index (χ1) is 13.8. The Balaban J connectivity index is 1.49. The monoisotopic (exact) mass is 433 g/mol. The fourth-order valence-electron chi connectivity index (χ4n) is 4.42. The average Bonchev–Trinajstić information content (AvgIpc) is 2.69. The molecule has 1 aliphatic heterocycles. The zero-order chi connectivity index (χ0) is 21.0. The molecule has 0 spiro atoms. The molecule has 3 N–H and O–H groups in total. The van der Waals surface area contributed by atoms with E-state index in [1.165, 1.54) is 18.9 Å². The van der Waals surface area contributed by atoms with Gasteiger partial charge in [0.15, 0.2) is 0 Å². The number of nitrogens with zero attached hydrogens (tertiary/aromatic N) is 1. The zero-order valence-electron chi connectivity index (χ0n) is 16.9. The van der Waals surface area contributed by atoms with Gasteiger partial charge >= 0.3 is 6.18 Å². The number of benzene rings is 1. The zero-order valence-corrected chi connectivity index (χ0v) is 17.7. The normalized spacial score (nSPS) is 24.6. The molecule has 1 aliphatic carbocycles. The molecule has 1 heterocycles. The number of nitrogens with one attached hydrogen (secondary N) is 1. The Hall–Kier alpha value is -1.18. The van der Waals surface area contributed by atoms with Gasteiger partial charge in [0.2, 0.25) is 0 Å². The van der Waals surface area contributed by atoms with Crippen LogP contribution in [0.3, 0.4) is 0 Å². The molecule has 1 aromatic rings. The number of nitrogen functional groups attached to an aromatic ring is 1. The number of piperidine rings is 1. The summed E-state index contributed by atoms with van der Waals surface area (Å²) in [6.07, 6.45) is 3.45. The van der Waals surface area contributed by atoms with E-state index in [0.29, 0.717) is 17.8 Å². The van der Waals surface area contributed by atoms with Gasteiger partial charge in [0.05, 0.1) is 28.1 Å². The summed E-state index contributed by atoms with van der Waals surface area (Å²) in [5.74, 6) is 0. The van der Waals surface area contributed by atoms with Crippen LogP contribution < -0.4 is 11.1 Å². The van der Waals surface area contributed by atoms with Gasteiger partial charge in [-0.15, -0.1) is 0 Å². The Morgan fingerprint density at radius 2 is 1.79 bits per heavy atom. The molecular formula is C21H31ClF3N3O. The van der Waals surface area contributed by atoms with Crippen molar-refractivity contribution in [2.75, 3.05) is 30.7 Å². The molecule has 4 nitrogen and oxygen atoms in total. The Kier molecular flexibility index (Phi) is 7.57. The van der Waals surface area contributed by atoms with Crippen LogP contribution >= 0.6 is 11.6 Å². The largest absolute Gasteiger partial charge is 0.417 e. The van der Waals surface area contributed by atoms with E-state index in [9.17, 15) is 13.2 Å². The third-order valence-corrected chi connectivity index (χ3v) is 6.36. The Bertz CT molecular complexity index is 670. The van der Waals surface area contributed by atoms with Gasteiger partial charge in [-0.2, -0.15) is 13.2 Å². The number of halogens is 4. The second-order valence-corrected chi connectivity index (χ2v) is 8.58. The molecule has 1 saturated carbocycles. The van der Waals surface area contributed by atoms with Crippen molar-refractivity contribution in [3.05, 3.63) is 22.7 Å². The molecule has 0 amide bonds. The maximum absolute atomic E-state index is 13.0. The highest BCUT2D eigenvalue weighted by Crippen LogP contribution is 2.39. The summed E-state index contributed by atoms with van der Waals surface area (Å²) in [6, 6.07) is 3.01. The molecule has 0 aromatic heterocycles. The van der Waals surface area contributed by atoms with E-state index in [1.807, 2.05) is 0 Å². The van der Waals surface area contributed by atoms with Gasteiger partial charge in [-0.1, -0.05) is 18.5 Å². The van der Waals surface area contributed by atoms with E-state index < -0.39 is 11.7 Å². The van der Waals surface area contributed by atoms with Crippen LogP contribution in [0.25, 0.3) is 0 Å². The maximum atomic E-state index is 13.0. The molecule has 0 unspecified atom stereocenters. The SMILES string of the molecule is CCCOC1CCC(N2CCC(Nc3cc(Cl)c(C(F)(F)F)cc3N)CC2)CC1. The lowest BCUT2D eigenvalue weighted by molar-refractivity contribution is -0.137. The van der Waals surface area contributed by atoms with Crippen molar-refractivity contribution in [2.24, 2.45) is 0 Å². The van der Waals surface area contributed by atoms with Crippen LogP contribution in [0.15, 0.2) is 12.1 Å². The number of anilines is 2. The lowest BCUT2D eigenvalue weighted by Crippen LogP contribution is -2.46. The number of likely N-dealkylation sites (tertiary alicyclic amines) is 1. The first-order valence-corrected chi connectivity index (χ1v) is 10.9. The molecule has 2 fully saturated rings. The maximum Gasteiger partial charge on any atom is 0.417 e. The Morgan fingerprint density at radius 1 is 1.14 bits per heavy atom. The predicted octanol–water partition coefficient (Wildman–Crippen LogP) is 5.56. The van der Waals surface area contributed by atoms with E-state index in [4.69, 9.17) is 22.1 Å². The summed E-state index contributed by atoms with van der Waals surface area (Å²) in [5, 5.41) is 2.97. The van der Waals surface area contributed by atoms with Crippen molar-refractivity contribution in [1.82, 2.24) is 4.90 Å². The van der Waals surface area contributed by atoms with Crippen LogP contribution in [0.1, 0.15) is 57.4 Å². The average molecular weight is 434 g/mol. The summed E-state index contributed by atoms with van der Waals surface area (Å²) in [6.45, 7) is 4.95. The fraction of sp³-hybridized carbons (Fsp3) is 0.714. The van der Waals surface area contributed by atoms with Gasteiger partial charge in [0.25, 0.3) is 0 Å². The van der Waals surface area contributed by atoms with E-state index in [0.717, 1.165) is 57.9 Å². The van der Waals surface area contributed by atoms with Crippen LogP contribution in [0.5, 0.6) is 0 Å². The van der Waals surface area contributed by atoms with Crippen LogP contribution in [0.4, 0.5) is 24.5 Å². The number of alkyl halides is 3. The Morgan fingerprint density at radius 3 is 2.38 bits per heavy atom. The lowest BCUT2D eigenvalue weighted by Gasteiger charge is -2.41. The third kappa shape index (κ3) is 5.92. The van der Waals surface area contributed by atoms with E-state index >= 15 is 0 Å². The Labute approximate surface area is 175 Å². The number of hydrogen-bond acceptors (Lipinski definition) is 4. The summed E-state index contributed by atoms with van der Waals surface area (Å²) < 4.78 is 44.7. The smallest absolute Gasteiger partial charge is 0.397 e. The standard InChI is InChI=1S/C21H31ClF3N3O/c1-2-11-29-16-5-3-15(4-6-16)28-9-7-14(8-10-28)27-20-13-18(22)17(12-19(20)26)21(23,24)25/h12-16,27H,2-11,26H2,1H3. The van der Waals surface area contributed by atoms with Gasteiger partial charge in [-0.05, 0) is 57.1 Å². The van der Waals surface area contributed by atoms with Gasteiger partial charge in [-0.3, -0.25) is 0 Å². The number of rotatable bonds is 6. The summed E-state index contributed by atoms with van der Waals surface area (Å²) in [5.41, 5.74) is 5.52. The molecule has 8 heteroatoms. The molecule has 0 atom stereocenters. The van der Waals surface area contributed by atoms with Crippen LogP contribution in [-0.4, -0.2) is 42.8 Å². The molecule has 1 aromatic carbocycles. The molecule has 2 aliphatic rings. The highest BCUT2D eigenvalue weighted by molar-refractivity contribution is 6.32. The highest BCUT2D eigenvalue weighted by Gasteiger charge is 2.34. The third-order valence-electron chi connectivity index (χ3n) is 6.05. The first kappa shape index (κ1) is 22.5. The van der Waals surface area contributed by atoms with E-state index in [2.05, 4.69) is 17.1 Å². The second kappa shape index (κ2) is 9.75. The molecule has 29 heavy (non-hydrogen) atoms. The molecule has 0 bridgehead atoms. The topological polar surface area (TPSA) is 50.5 Å². The predicted molar refractivity (Wildman–Crippen MR) is 111 cm³/mol. The van der Waals surface area contributed by atoms with Crippen molar-refractivity contribution in [3.63, 3.8) is 0 Å². The quantitative estimate of drug-likeness (QED) is 0.577. The molecular weight excluding hydrogens is 403 g/mol. The van der Waals surface area contributed by atoms with Crippen LogP contribution in [0.2, 0.25) is 5.02 Å². The lowest BCUT2D eigenvalue weighted by atomic mass is 9.90. The second-order valence-electron chi connectivity index (χ2n) is 8.17. The first-order valence-electron chi connectivity index (χ1n) is 10.6.